The lowest BCUT2D eigenvalue weighted by molar-refractivity contribution is -0.121. The Morgan fingerprint density at radius 2 is 2.20 bits per heavy atom. The predicted octanol–water partition coefficient (Wildman–Crippen LogP) is 1.63. The summed E-state index contributed by atoms with van der Waals surface area (Å²) < 4.78 is 5.41. The quantitative estimate of drug-likeness (QED) is 0.860. The van der Waals surface area contributed by atoms with Crippen molar-refractivity contribution in [2.24, 2.45) is 0 Å². The van der Waals surface area contributed by atoms with Crippen molar-refractivity contribution < 1.29 is 9.53 Å². The van der Waals surface area contributed by atoms with Gasteiger partial charge in [0.05, 0.1) is 5.69 Å². The maximum absolute atomic E-state index is 12.0. The van der Waals surface area contributed by atoms with E-state index in [-0.39, 0.29) is 12.5 Å². The van der Waals surface area contributed by atoms with Gasteiger partial charge in [0.1, 0.15) is 5.75 Å². The van der Waals surface area contributed by atoms with Crippen molar-refractivity contribution in [1.82, 2.24) is 4.98 Å². The van der Waals surface area contributed by atoms with Gasteiger partial charge in [-0.15, -0.1) is 0 Å². The molecule has 20 heavy (non-hydrogen) atoms. The van der Waals surface area contributed by atoms with Crippen LogP contribution in [0.5, 0.6) is 5.75 Å². The maximum atomic E-state index is 12.0. The van der Waals surface area contributed by atoms with Gasteiger partial charge in [0.2, 0.25) is 0 Å². The van der Waals surface area contributed by atoms with Crippen LogP contribution in [0.3, 0.4) is 0 Å². The summed E-state index contributed by atoms with van der Waals surface area (Å²) in [5, 5.41) is 0. The number of rotatable bonds is 3. The van der Waals surface area contributed by atoms with Gasteiger partial charge in [-0.3, -0.25) is 9.78 Å². The van der Waals surface area contributed by atoms with Crippen molar-refractivity contribution in [3.63, 3.8) is 0 Å². The highest BCUT2D eigenvalue weighted by molar-refractivity contribution is 5.98. The zero-order valence-electron chi connectivity index (χ0n) is 11.0. The Morgan fingerprint density at radius 1 is 1.30 bits per heavy atom. The van der Waals surface area contributed by atoms with E-state index in [9.17, 15) is 4.79 Å². The zero-order valence-corrected chi connectivity index (χ0v) is 11.0. The number of fused-ring (bicyclic) bond motifs is 1. The first-order chi connectivity index (χ1) is 9.74. The number of carbonyl (C=O) groups is 1. The van der Waals surface area contributed by atoms with E-state index < -0.39 is 0 Å². The van der Waals surface area contributed by atoms with E-state index in [0.29, 0.717) is 24.4 Å². The Hall–Kier alpha value is -2.56. The van der Waals surface area contributed by atoms with Gasteiger partial charge in [-0.2, -0.15) is 0 Å². The van der Waals surface area contributed by atoms with Gasteiger partial charge < -0.3 is 15.4 Å². The van der Waals surface area contributed by atoms with Gasteiger partial charge in [-0.05, 0) is 24.3 Å². The monoisotopic (exact) mass is 269 g/mol. The van der Waals surface area contributed by atoms with Crippen molar-refractivity contribution in [2.75, 3.05) is 23.8 Å². The van der Waals surface area contributed by atoms with E-state index >= 15 is 0 Å². The third kappa shape index (κ3) is 2.42. The third-order valence-electron chi connectivity index (χ3n) is 3.24. The van der Waals surface area contributed by atoms with E-state index in [2.05, 4.69) is 4.98 Å². The second-order valence-corrected chi connectivity index (χ2v) is 4.63. The molecule has 0 spiro atoms. The number of benzene rings is 1. The first-order valence-electron chi connectivity index (χ1n) is 6.46. The Labute approximate surface area is 117 Å². The highest BCUT2D eigenvalue weighted by atomic mass is 16.5. The largest absolute Gasteiger partial charge is 0.481 e. The van der Waals surface area contributed by atoms with Crippen LogP contribution in [0.1, 0.15) is 5.69 Å². The minimum Gasteiger partial charge on any atom is -0.481 e. The molecule has 0 aliphatic carbocycles. The number of ether oxygens (including phenoxy) is 1. The Morgan fingerprint density at radius 3 is 3.00 bits per heavy atom. The summed E-state index contributed by atoms with van der Waals surface area (Å²) in [6.45, 7) is 0.634. The maximum Gasteiger partial charge on any atom is 0.265 e. The van der Waals surface area contributed by atoms with Crippen molar-refractivity contribution in [2.45, 2.75) is 6.42 Å². The molecule has 102 valence electrons. The molecule has 1 aromatic heterocycles. The van der Waals surface area contributed by atoms with Crippen LogP contribution < -0.4 is 15.4 Å². The van der Waals surface area contributed by atoms with Gasteiger partial charge in [-0.1, -0.05) is 6.07 Å². The molecule has 5 nitrogen and oxygen atoms in total. The molecule has 0 unspecified atom stereocenters. The smallest absolute Gasteiger partial charge is 0.265 e. The number of aromatic nitrogens is 1. The minimum atomic E-state index is -0.0433. The molecule has 1 aliphatic heterocycles. The van der Waals surface area contributed by atoms with Crippen LogP contribution in [-0.2, 0) is 11.2 Å². The van der Waals surface area contributed by atoms with Gasteiger partial charge in [0, 0.05) is 36.6 Å². The van der Waals surface area contributed by atoms with Crippen molar-refractivity contribution >= 4 is 17.3 Å². The van der Waals surface area contributed by atoms with Crippen LogP contribution in [0.4, 0.5) is 11.4 Å². The number of pyridine rings is 1. The van der Waals surface area contributed by atoms with E-state index in [4.69, 9.17) is 10.5 Å². The zero-order chi connectivity index (χ0) is 13.9. The van der Waals surface area contributed by atoms with Gasteiger partial charge in [0.25, 0.3) is 5.91 Å². The van der Waals surface area contributed by atoms with E-state index in [1.54, 1.807) is 23.2 Å². The lowest BCUT2D eigenvalue weighted by Gasteiger charge is -2.29. The normalized spacial score (nSPS) is 13.8. The van der Waals surface area contributed by atoms with Gasteiger partial charge in [0.15, 0.2) is 6.61 Å². The fourth-order valence-corrected chi connectivity index (χ4v) is 2.24. The molecule has 1 amide bonds. The molecule has 0 atom stereocenters. The molecule has 5 heteroatoms. The summed E-state index contributed by atoms with van der Waals surface area (Å²) >= 11 is 0. The fraction of sp³-hybridized carbons (Fsp3) is 0.200. The number of amides is 1. The molecule has 0 bridgehead atoms. The third-order valence-corrected chi connectivity index (χ3v) is 3.24. The first kappa shape index (κ1) is 12.5. The van der Waals surface area contributed by atoms with E-state index in [1.165, 1.54) is 0 Å². The van der Waals surface area contributed by atoms with E-state index in [0.717, 1.165) is 11.4 Å². The lowest BCUT2D eigenvalue weighted by atomic mass is 10.2. The van der Waals surface area contributed by atoms with Crippen molar-refractivity contribution in [3.05, 3.63) is 48.3 Å². The molecule has 0 radical (unpaired) electrons. The molecular formula is C15H15N3O2. The van der Waals surface area contributed by atoms with Crippen LogP contribution >= 0.6 is 0 Å². The number of nitrogen functional groups attached to an aromatic ring is 1. The Bertz CT molecular complexity index is 628. The van der Waals surface area contributed by atoms with Crippen LogP contribution in [0.15, 0.2) is 42.6 Å². The SMILES string of the molecule is Nc1ccc2c(c1)OCC(=O)N2CCc1ccccn1. The topological polar surface area (TPSA) is 68.5 Å². The minimum absolute atomic E-state index is 0.0433. The number of hydrogen-bond acceptors (Lipinski definition) is 4. The van der Waals surface area contributed by atoms with Crippen molar-refractivity contribution in [1.29, 1.82) is 0 Å². The highest BCUT2D eigenvalue weighted by Crippen LogP contribution is 2.33. The number of carbonyl (C=O) groups excluding carboxylic acids is 1. The summed E-state index contributed by atoms with van der Waals surface area (Å²) in [6.07, 6.45) is 2.46. The molecule has 3 rings (SSSR count). The molecule has 0 saturated carbocycles. The molecular weight excluding hydrogens is 254 g/mol. The van der Waals surface area contributed by atoms with Crippen LogP contribution in [0.25, 0.3) is 0 Å². The Balaban J connectivity index is 1.81. The number of nitrogens with two attached hydrogens (primary N) is 1. The van der Waals surface area contributed by atoms with Crippen LogP contribution in [-0.4, -0.2) is 24.0 Å². The molecule has 0 fully saturated rings. The Kier molecular flexibility index (Phi) is 3.25. The summed E-state index contributed by atoms with van der Waals surface area (Å²) in [5.41, 5.74) is 8.09. The lowest BCUT2D eigenvalue weighted by Crippen LogP contribution is -2.40. The average Bonchev–Trinajstić information content (AvgIpc) is 2.47. The molecule has 2 aromatic rings. The summed E-state index contributed by atoms with van der Waals surface area (Å²) in [4.78, 5) is 18.0. The van der Waals surface area contributed by atoms with Crippen molar-refractivity contribution in [3.8, 4) is 5.75 Å². The fourth-order valence-electron chi connectivity index (χ4n) is 2.24. The molecule has 2 heterocycles. The second-order valence-electron chi connectivity index (χ2n) is 4.63. The second kappa shape index (κ2) is 5.21. The first-order valence-corrected chi connectivity index (χ1v) is 6.46. The number of nitrogens with zero attached hydrogens (tertiary/aromatic N) is 2. The van der Waals surface area contributed by atoms with E-state index in [1.807, 2.05) is 24.3 Å². The molecule has 2 N–H and O–H groups in total. The highest BCUT2D eigenvalue weighted by Gasteiger charge is 2.25. The molecule has 1 aliphatic rings. The molecule has 0 saturated heterocycles. The number of hydrogen-bond donors (Lipinski definition) is 1. The summed E-state index contributed by atoms with van der Waals surface area (Å²) in [7, 11) is 0. The van der Waals surface area contributed by atoms with Gasteiger partial charge in [-0.25, -0.2) is 0 Å². The average molecular weight is 269 g/mol. The summed E-state index contributed by atoms with van der Waals surface area (Å²) in [5.74, 6) is 0.615. The molecule has 1 aromatic carbocycles. The van der Waals surface area contributed by atoms with Crippen LogP contribution in [0, 0.1) is 0 Å². The standard InChI is InChI=1S/C15H15N3O2/c16-11-4-5-13-14(9-11)20-10-15(19)18(13)8-6-12-3-1-2-7-17-12/h1-5,7,9H,6,8,10,16H2. The predicted molar refractivity (Wildman–Crippen MR) is 76.6 cm³/mol. The van der Waals surface area contributed by atoms with Gasteiger partial charge >= 0.3 is 0 Å². The van der Waals surface area contributed by atoms with Crippen LogP contribution in [0.2, 0.25) is 0 Å². The summed E-state index contributed by atoms with van der Waals surface area (Å²) in [6, 6.07) is 11.1. The number of anilines is 2.